The summed E-state index contributed by atoms with van der Waals surface area (Å²) in [7, 11) is 0. The van der Waals surface area contributed by atoms with Crippen LogP contribution in [0.2, 0.25) is 0 Å². The van der Waals surface area contributed by atoms with Crippen molar-refractivity contribution in [1.29, 1.82) is 0 Å². The molecule has 2 aliphatic carbocycles. The summed E-state index contributed by atoms with van der Waals surface area (Å²) in [6, 6.07) is 0.439. The van der Waals surface area contributed by atoms with E-state index in [-0.39, 0.29) is 6.10 Å². The van der Waals surface area contributed by atoms with Gasteiger partial charge in [-0.1, -0.05) is 6.92 Å². The number of aromatic nitrogens is 2. The zero-order valence-electron chi connectivity index (χ0n) is 13.3. The second-order valence-electron chi connectivity index (χ2n) is 6.24. The number of nitrogens with zero attached hydrogens (tertiary/aromatic N) is 2. The van der Waals surface area contributed by atoms with Crippen LogP contribution in [0, 0.1) is 5.92 Å². The van der Waals surface area contributed by atoms with Crippen LogP contribution in [0.5, 0.6) is 0 Å². The van der Waals surface area contributed by atoms with E-state index in [0.717, 1.165) is 25.4 Å². The summed E-state index contributed by atoms with van der Waals surface area (Å²) < 4.78 is 5.89. The highest BCUT2D eigenvalue weighted by Gasteiger charge is 2.35. The normalized spacial score (nSPS) is 22.9. The van der Waals surface area contributed by atoms with Crippen LogP contribution in [-0.2, 0) is 11.2 Å². The molecule has 1 aromatic heterocycles. The summed E-state index contributed by atoms with van der Waals surface area (Å²) in [5, 5.41) is 3.63. The number of nitrogens with one attached hydrogen (secondary N) is 1. The fourth-order valence-electron chi connectivity index (χ4n) is 3.23. The molecular weight excluding hydrogens is 262 g/mol. The van der Waals surface area contributed by atoms with E-state index < -0.39 is 0 Å². The van der Waals surface area contributed by atoms with Crippen LogP contribution in [0.3, 0.4) is 0 Å². The molecule has 0 aromatic carbocycles. The summed E-state index contributed by atoms with van der Waals surface area (Å²) in [6.07, 6.45) is 9.35. The maximum absolute atomic E-state index is 5.89. The van der Waals surface area contributed by atoms with Crippen molar-refractivity contribution in [2.24, 2.45) is 5.92 Å². The Balaban J connectivity index is 1.79. The Labute approximate surface area is 127 Å². The molecule has 1 fully saturated rings. The summed E-state index contributed by atoms with van der Waals surface area (Å²) in [6.45, 7) is 6.06. The average Bonchev–Trinajstić information content (AvgIpc) is 3.34. The highest BCUT2D eigenvalue weighted by Crippen LogP contribution is 2.42. The highest BCUT2D eigenvalue weighted by atomic mass is 16.5. The second kappa shape index (κ2) is 6.84. The number of fused-ring (bicyclic) bond motifs is 1. The van der Waals surface area contributed by atoms with Gasteiger partial charge in [0.1, 0.15) is 6.10 Å². The number of hydrogen-bond acceptors (Lipinski definition) is 4. The fourth-order valence-corrected chi connectivity index (χ4v) is 3.23. The van der Waals surface area contributed by atoms with Crippen molar-refractivity contribution in [3.63, 3.8) is 0 Å². The van der Waals surface area contributed by atoms with Crippen LogP contribution < -0.4 is 5.32 Å². The molecule has 116 valence electrons. The zero-order chi connectivity index (χ0) is 14.7. The Morgan fingerprint density at radius 3 is 2.90 bits per heavy atom. The van der Waals surface area contributed by atoms with Gasteiger partial charge in [0.2, 0.25) is 0 Å². The van der Waals surface area contributed by atoms with Crippen molar-refractivity contribution in [1.82, 2.24) is 15.3 Å². The first-order chi connectivity index (χ1) is 10.3. The first-order valence-electron chi connectivity index (χ1n) is 8.54. The Morgan fingerprint density at radius 2 is 2.19 bits per heavy atom. The van der Waals surface area contributed by atoms with E-state index in [4.69, 9.17) is 9.72 Å². The highest BCUT2D eigenvalue weighted by molar-refractivity contribution is 5.25. The van der Waals surface area contributed by atoms with Gasteiger partial charge in [0.05, 0.1) is 0 Å². The molecule has 0 bridgehead atoms. The van der Waals surface area contributed by atoms with E-state index in [1.807, 2.05) is 0 Å². The third-order valence-electron chi connectivity index (χ3n) is 4.49. The SMILES string of the molecule is CCCNC1CCCc2nc(C(OCC)C3CC3)ncc21. The maximum Gasteiger partial charge on any atom is 0.157 e. The largest absolute Gasteiger partial charge is 0.370 e. The minimum Gasteiger partial charge on any atom is -0.370 e. The second-order valence-corrected chi connectivity index (χ2v) is 6.24. The number of ether oxygens (including phenoxy) is 1. The van der Waals surface area contributed by atoms with Crippen molar-refractivity contribution >= 4 is 0 Å². The van der Waals surface area contributed by atoms with E-state index in [0.29, 0.717) is 12.0 Å². The van der Waals surface area contributed by atoms with Gasteiger partial charge in [0, 0.05) is 30.1 Å². The zero-order valence-corrected chi connectivity index (χ0v) is 13.3. The third kappa shape index (κ3) is 3.43. The van der Waals surface area contributed by atoms with Crippen molar-refractivity contribution < 1.29 is 4.74 Å². The quantitative estimate of drug-likeness (QED) is 0.836. The lowest BCUT2D eigenvalue weighted by molar-refractivity contribution is 0.0397. The molecule has 0 saturated heterocycles. The summed E-state index contributed by atoms with van der Waals surface area (Å²) in [5.74, 6) is 1.55. The van der Waals surface area contributed by atoms with Crippen LogP contribution in [0.4, 0.5) is 0 Å². The predicted octanol–water partition coefficient (Wildman–Crippen LogP) is 3.34. The van der Waals surface area contributed by atoms with Gasteiger partial charge in [-0.2, -0.15) is 0 Å². The Bertz CT molecular complexity index is 473. The predicted molar refractivity (Wildman–Crippen MR) is 83.1 cm³/mol. The van der Waals surface area contributed by atoms with Crippen molar-refractivity contribution in [3.8, 4) is 0 Å². The number of rotatable bonds is 7. The van der Waals surface area contributed by atoms with Gasteiger partial charge in [0.15, 0.2) is 5.82 Å². The molecule has 0 aliphatic heterocycles. The molecule has 3 rings (SSSR count). The molecule has 0 amide bonds. The summed E-state index contributed by atoms with van der Waals surface area (Å²) >= 11 is 0. The molecule has 1 saturated carbocycles. The van der Waals surface area contributed by atoms with Gasteiger partial charge in [0.25, 0.3) is 0 Å². The smallest absolute Gasteiger partial charge is 0.157 e. The van der Waals surface area contributed by atoms with Gasteiger partial charge in [-0.25, -0.2) is 9.97 Å². The first kappa shape index (κ1) is 14.9. The molecule has 1 N–H and O–H groups in total. The maximum atomic E-state index is 5.89. The molecule has 2 unspecified atom stereocenters. The van der Waals surface area contributed by atoms with Gasteiger partial charge in [-0.15, -0.1) is 0 Å². The molecule has 2 atom stereocenters. The number of hydrogen-bond donors (Lipinski definition) is 1. The molecule has 4 nitrogen and oxygen atoms in total. The monoisotopic (exact) mass is 289 g/mol. The van der Waals surface area contributed by atoms with Crippen LogP contribution >= 0.6 is 0 Å². The van der Waals surface area contributed by atoms with Crippen LogP contribution in [0.15, 0.2) is 6.20 Å². The Morgan fingerprint density at radius 1 is 1.33 bits per heavy atom. The van der Waals surface area contributed by atoms with Crippen LogP contribution in [-0.4, -0.2) is 23.1 Å². The van der Waals surface area contributed by atoms with Crippen LogP contribution in [0.25, 0.3) is 0 Å². The van der Waals surface area contributed by atoms with Gasteiger partial charge < -0.3 is 10.1 Å². The van der Waals surface area contributed by atoms with E-state index in [1.165, 1.54) is 43.4 Å². The van der Waals surface area contributed by atoms with Crippen molar-refractivity contribution in [2.75, 3.05) is 13.2 Å². The molecule has 1 aromatic rings. The average molecular weight is 289 g/mol. The molecule has 0 radical (unpaired) electrons. The minimum atomic E-state index is 0.115. The molecule has 1 heterocycles. The lowest BCUT2D eigenvalue weighted by atomic mass is 9.92. The fraction of sp³-hybridized carbons (Fsp3) is 0.765. The Hall–Kier alpha value is -1.00. The van der Waals surface area contributed by atoms with E-state index in [9.17, 15) is 0 Å². The summed E-state index contributed by atoms with van der Waals surface area (Å²) in [5.41, 5.74) is 2.55. The molecule has 0 spiro atoms. The molecule has 2 aliphatic rings. The number of aryl methyl sites for hydroxylation is 1. The van der Waals surface area contributed by atoms with E-state index >= 15 is 0 Å². The lowest BCUT2D eigenvalue weighted by Gasteiger charge is -2.26. The molecule has 21 heavy (non-hydrogen) atoms. The summed E-state index contributed by atoms with van der Waals surface area (Å²) in [4.78, 5) is 9.53. The van der Waals surface area contributed by atoms with E-state index in [1.54, 1.807) is 0 Å². The third-order valence-corrected chi connectivity index (χ3v) is 4.49. The van der Waals surface area contributed by atoms with Gasteiger partial charge in [-0.05, 0) is 57.9 Å². The molecular formula is C17H27N3O. The van der Waals surface area contributed by atoms with Gasteiger partial charge >= 0.3 is 0 Å². The minimum absolute atomic E-state index is 0.115. The molecule has 4 heteroatoms. The van der Waals surface area contributed by atoms with Crippen molar-refractivity contribution in [2.45, 2.75) is 64.5 Å². The van der Waals surface area contributed by atoms with Crippen molar-refractivity contribution in [3.05, 3.63) is 23.3 Å². The lowest BCUT2D eigenvalue weighted by Crippen LogP contribution is -2.27. The first-order valence-corrected chi connectivity index (χ1v) is 8.54. The standard InChI is InChI=1S/C17H27N3O/c1-3-10-18-14-6-5-7-15-13(14)11-19-17(20-15)16(21-4-2)12-8-9-12/h11-12,14,16,18H,3-10H2,1-2H3. The topological polar surface area (TPSA) is 47.0 Å². The Kier molecular flexibility index (Phi) is 4.86. The van der Waals surface area contributed by atoms with Gasteiger partial charge in [-0.3, -0.25) is 0 Å². The van der Waals surface area contributed by atoms with Crippen LogP contribution in [0.1, 0.15) is 75.2 Å². The van der Waals surface area contributed by atoms with E-state index in [2.05, 4.69) is 30.3 Å².